The van der Waals surface area contributed by atoms with E-state index in [-0.39, 0.29) is 11.4 Å². The van der Waals surface area contributed by atoms with Crippen LogP contribution < -0.4 is 10.5 Å². The van der Waals surface area contributed by atoms with Gasteiger partial charge in [-0.3, -0.25) is 4.90 Å². The molecule has 0 radical (unpaired) electrons. The number of hydrogen-bond donors (Lipinski definition) is 1. The van der Waals surface area contributed by atoms with Gasteiger partial charge in [0.25, 0.3) is 0 Å². The van der Waals surface area contributed by atoms with Gasteiger partial charge in [-0.1, -0.05) is 32.9 Å². The third-order valence-electron chi connectivity index (χ3n) is 4.48. The van der Waals surface area contributed by atoms with Gasteiger partial charge in [0.2, 0.25) is 0 Å². The Bertz CT molecular complexity index is 425. The van der Waals surface area contributed by atoms with E-state index < -0.39 is 0 Å². The molecule has 0 atom stereocenters. The highest BCUT2D eigenvalue weighted by atomic mass is 19.1. The average Bonchev–Trinajstić information content (AvgIpc) is 2.51. The molecule has 120 valence electrons. The molecule has 21 heavy (non-hydrogen) atoms. The summed E-state index contributed by atoms with van der Waals surface area (Å²) in [6.45, 7) is 8.51. The molecule has 0 aliphatic carbocycles. The second kappa shape index (κ2) is 8.35. The van der Waals surface area contributed by atoms with Crippen molar-refractivity contribution in [2.24, 2.45) is 5.73 Å². The van der Waals surface area contributed by atoms with Gasteiger partial charge in [-0.25, -0.2) is 4.39 Å². The van der Waals surface area contributed by atoms with Crippen molar-refractivity contribution in [1.29, 1.82) is 0 Å². The first-order valence-electron chi connectivity index (χ1n) is 7.85. The first-order valence-corrected chi connectivity index (χ1v) is 7.85. The van der Waals surface area contributed by atoms with Crippen LogP contribution >= 0.6 is 0 Å². The Balaban J connectivity index is 3.08. The lowest BCUT2D eigenvalue weighted by Crippen LogP contribution is -2.53. The Labute approximate surface area is 128 Å². The van der Waals surface area contributed by atoms with Crippen LogP contribution in [0.3, 0.4) is 0 Å². The van der Waals surface area contributed by atoms with Gasteiger partial charge in [0, 0.05) is 24.2 Å². The highest BCUT2D eigenvalue weighted by molar-refractivity contribution is 5.31. The molecule has 2 N–H and O–H groups in total. The number of nitrogens with zero attached hydrogens (tertiary/aromatic N) is 1. The first-order chi connectivity index (χ1) is 10.1. The Morgan fingerprint density at radius 3 is 2.38 bits per heavy atom. The third kappa shape index (κ3) is 3.95. The van der Waals surface area contributed by atoms with Crippen molar-refractivity contribution in [1.82, 2.24) is 4.90 Å². The van der Waals surface area contributed by atoms with Crippen LogP contribution in [-0.4, -0.2) is 30.6 Å². The monoisotopic (exact) mass is 296 g/mol. The van der Waals surface area contributed by atoms with Crippen LogP contribution in [0.5, 0.6) is 5.75 Å². The van der Waals surface area contributed by atoms with Crippen molar-refractivity contribution in [3.8, 4) is 5.75 Å². The molecule has 0 heterocycles. The summed E-state index contributed by atoms with van der Waals surface area (Å²) in [4.78, 5) is 2.32. The van der Waals surface area contributed by atoms with Crippen LogP contribution in [0.1, 0.15) is 45.6 Å². The fourth-order valence-corrected chi connectivity index (χ4v) is 2.91. The van der Waals surface area contributed by atoms with Crippen molar-refractivity contribution in [2.75, 3.05) is 20.2 Å². The van der Waals surface area contributed by atoms with Crippen LogP contribution in [0.2, 0.25) is 0 Å². The van der Waals surface area contributed by atoms with E-state index in [1.54, 1.807) is 6.07 Å². The van der Waals surface area contributed by atoms with Crippen molar-refractivity contribution in [2.45, 2.75) is 52.1 Å². The second-order valence-corrected chi connectivity index (χ2v) is 5.49. The Morgan fingerprint density at radius 2 is 1.90 bits per heavy atom. The number of benzene rings is 1. The number of ether oxygens (including phenoxy) is 1. The van der Waals surface area contributed by atoms with Crippen LogP contribution in [-0.2, 0) is 6.54 Å². The second-order valence-electron chi connectivity index (χ2n) is 5.49. The highest BCUT2D eigenvalue weighted by Crippen LogP contribution is 2.28. The molecule has 4 heteroatoms. The number of methoxy groups -OCH3 is 1. The predicted octanol–water partition coefficient (Wildman–Crippen LogP) is 3.56. The van der Waals surface area contributed by atoms with Crippen molar-refractivity contribution in [3.05, 3.63) is 29.6 Å². The minimum Gasteiger partial charge on any atom is -0.494 e. The lowest BCUT2D eigenvalue weighted by atomic mass is 9.89. The maximum Gasteiger partial charge on any atom is 0.169 e. The minimum absolute atomic E-state index is 0.0640. The van der Waals surface area contributed by atoms with E-state index in [0.29, 0.717) is 24.4 Å². The molecule has 0 bridgehead atoms. The lowest BCUT2D eigenvalue weighted by Gasteiger charge is -2.42. The quantitative estimate of drug-likeness (QED) is 0.757. The molecule has 0 aliphatic rings. The fourth-order valence-electron chi connectivity index (χ4n) is 2.91. The smallest absolute Gasteiger partial charge is 0.169 e. The van der Waals surface area contributed by atoms with Gasteiger partial charge in [0.1, 0.15) is 0 Å². The standard InChI is InChI=1S/C17H29FN2O/c1-5-11-20(17(6-2,7-3)13-19)12-14-9-8-10-15(21-4)16(14)18/h8-10H,5-7,11-13,19H2,1-4H3. The number of rotatable bonds is 9. The van der Waals surface area contributed by atoms with E-state index in [9.17, 15) is 4.39 Å². The van der Waals surface area contributed by atoms with Gasteiger partial charge in [-0.2, -0.15) is 0 Å². The van der Waals surface area contributed by atoms with Gasteiger partial charge < -0.3 is 10.5 Å². The zero-order valence-electron chi connectivity index (χ0n) is 13.8. The summed E-state index contributed by atoms with van der Waals surface area (Å²) in [5.41, 5.74) is 6.65. The molecule has 0 saturated carbocycles. The summed E-state index contributed by atoms with van der Waals surface area (Å²) in [5.74, 6) is 0.0366. The molecule has 0 spiro atoms. The predicted molar refractivity (Wildman–Crippen MR) is 86.0 cm³/mol. The topological polar surface area (TPSA) is 38.5 Å². The van der Waals surface area contributed by atoms with Crippen LogP contribution in [0.15, 0.2) is 18.2 Å². The maximum absolute atomic E-state index is 14.4. The maximum atomic E-state index is 14.4. The summed E-state index contributed by atoms with van der Waals surface area (Å²) in [6, 6.07) is 5.31. The molecular formula is C17H29FN2O. The summed E-state index contributed by atoms with van der Waals surface area (Å²) in [6.07, 6.45) is 2.95. The van der Waals surface area contributed by atoms with Crippen molar-refractivity contribution in [3.63, 3.8) is 0 Å². The first kappa shape index (κ1) is 17.9. The van der Waals surface area contributed by atoms with E-state index in [4.69, 9.17) is 10.5 Å². The van der Waals surface area contributed by atoms with Crippen molar-refractivity contribution < 1.29 is 9.13 Å². The minimum atomic E-state index is -0.265. The fraction of sp³-hybridized carbons (Fsp3) is 0.647. The Kier molecular flexibility index (Phi) is 7.12. The molecule has 0 saturated heterocycles. The molecule has 0 aliphatic heterocycles. The van der Waals surface area contributed by atoms with Crippen LogP contribution in [0.25, 0.3) is 0 Å². The largest absolute Gasteiger partial charge is 0.494 e. The van der Waals surface area contributed by atoms with E-state index in [0.717, 1.165) is 25.8 Å². The molecular weight excluding hydrogens is 267 g/mol. The number of nitrogens with two attached hydrogens (primary N) is 1. The highest BCUT2D eigenvalue weighted by Gasteiger charge is 2.32. The number of halogens is 1. The average molecular weight is 296 g/mol. The van der Waals surface area contributed by atoms with E-state index in [1.807, 2.05) is 12.1 Å². The lowest BCUT2D eigenvalue weighted by molar-refractivity contribution is 0.0753. The molecule has 0 aromatic heterocycles. The zero-order chi connectivity index (χ0) is 15.9. The normalized spacial score (nSPS) is 12.0. The summed E-state index contributed by atoms with van der Waals surface area (Å²) in [7, 11) is 1.49. The molecule has 1 aromatic rings. The molecule has 1 rings (SSSR count). The van der Waals surface area contributed by atoms with Crippen molar-refractivity contribution >= 4 is 0 Å². The van der Waals surface area contributed by atoms with Gasteiger partial charge in [0.15, 0.2) is 11.6 Å². The summed E-state index contributed by atoms with van der Waals surface area (Å²) < 4.78 is 19.5. The van der Waals surface area contributed by atoms with Crippen LogP contribution in [0, 0.1) is 5.82 Å². The van der Waals surface area contributed by atoms with E-state index in [1.165, 1.54) is 7.11 Å². The molecule has 0 amide bonds. The van der Waals surface area contributed by atoms with E-state index in [2.05, 4.69) is 25.7 Å². The summed E-state index contributed by atoms with van der Waals surface area (Å²) in [5, 5.41) is 0. The van der Waals surface area contributed by atoms with Gasteiger partial charge in [-0.05, 0) is 31.9 Å². The van der Waals surface area contributed by atoms with E-state index >= 15 is 0 Å². The Hall–Kier alpha value is -1.13. The number of hydrogen-bond acceptors (Lipinski definition) is 3. The van der Waals surface area contributed by atoms with Gasteiger partial charge in [0.05, 0.1) is 7.11 Å². The summed E-state index contributed by atoms with van der Waals surface area (Å²) >= 11 is 0. The third-order valence-corrected chi connectivity index (χ3v) is 4.48. The van der Waals surface area contributed by atoms with Crippen LogP contribution in [0.4, 0.5) is 4.39 Å². The molecule has 1 aromatic carbocycles. The van der Waals surface area contributed by atoms with Gasteiger partial charge >= 0.3 is 0 Å². The molecule has 3 nitrogen and oxygen atoms in total. The Morgan fingerprint density at radius 1 is 1.24 bits per heavy atom. The SMILES string of the molecule is CCCN(Cc1cccc(OC)c1F)C(CC)(CC)CN. The zero-order valence-corrected chi connectivity index (χ0v) is 13.8. The molecule has 0 fully saturated rings. The van der Waals surface area contributed by atoms with Gasteiger partial charge in [-0.15, -0.1) is 0 Å². The molecule has 0 unspecified atom stereocenters.